The van der Waals surface area contributed by atoms with Gasteiger partial charge in [0.2, 0.25) is 0 Å². The van der Waals surface area contributed by atoms with Crippen LogP contribution in [0.5, 0.6) is 0 Å². The average molecular weight is 380 g/mol. The Hall–Kier alpha value is -3.22. The summed E-state index contributed by atoms with van der Waals surface area (Å²) < 4.78 is 14.9. The van der Waals surface area contributed by atoms with E-state index in [0.717, 1.165) is 11.3 Å². The molecule has 7 heteroatoms. The number of piperazine rings is 1. The van der Waals surface area contributed by atoms with Gasteiger partial charge in [0.05, 0.1) is 0 Å². The van der Waals surface area contributed by atoms with E-state index >= 15 is 0 Å². The number of carbonyl (C=O) groups excluding carboxylic acids is 1. The third kappa shape index (κ3) is 3.24. The number of amides is 1. The summed E-state index contributed by atoms with van der Waals surface area (Å²) in [4.78, 5) is 33.8. The first kappa shape index (κ1) is 18.2. The molecule has 0 saturated carbocycles. The van der Waals surface area contributed by atoms with E-state index in [1.165, 1.54) is 22.7 Å². The van der Waals surface area contributed by atoms with Gasteiger partial charge < -0.3 is 9.80 Å². The number of pyridine rings is 1. The van der Waals surface area contributed by atoms with Gasteiger partial charge in [0.25, 0.3) is 11.5 Å². The molecule has 1 aliphatic rings. The van der Waals surface area contributed by atoms with Gasteiger partial charge in [0.1, 0.15) is 17.0 Å². The predicted molar refractivity (Wildman–Crippen MR) is 105 cm³/mol. The van der Waals surface area contributed by atoms with Gasteiger partial charge in [-0.1, -0.05) is 6.07 Å². The second-order valence-corrected chi connectivity index (χ2v) is 7.18. The number of rotatable bonds is 2. The Balaban J connectivity index is 1.58. The first-order valence-electron chi connectivity index (χ1n) is 9.23. The van der Waals surface area contributed by atoms with Crippen molar-refractivity contribution in [2.75, 3.05) is 24.5 Å². The molecule has 0 aliphatic carbocycles. The van der Waals surface area contributed by atoms with Crippen LogP contribution in [0.15, 0.2) is 53.6 Å². The van der Waals surface area contributed by atoms with E-state index in [1.54, 1.807) is 23.2 Å². The van der Waals surface area contributed by atoms with Crippen molar-refractivity contribution in [3.8, 4) is 0 Å². The van der Waals surface area contributed by atoms with Crippen LogP contribution in [0, 0.1) is 12.7 Å². The summed E-state index contributed by atoms with van der Waals surface area (Å²) in [6.07, 6.45) is 3.01. The number of carbonyl (C=O) groups is 1. The third-order valence-electron chi connectivity index (χ3n) is 5.16. The first-order chi connectivity index (χ1) is 13.4. The van der Waals surface area contributed by atoms with Gasteiger partial charge in [-0.05, 0) is 49.7 Å². The molecule has 0 spiro atoms. The van der Waals surface area contributed by atoms with Crippen molar-refractivity contribution >= 4 is 17.2 Å². The van der Waals surface area contributed by atoms with Crippen LogP contribution in [-0.4, -0.2) is 45.9 Å². The highest BCUT2D eigenvalue weighted by Crippen LogP contribution is 2.21. The SMILES string of the molecule is Cc1ccn2c(=O)c(C(=O)N3CCN(c4cccc(F)c4)CC3C)cnc2c1. The van der Waals surface area contributed by atoms with Gasteiger partial charge in [-0.2, -0.15) is 0 Å². The standard InChI is InChI=1S/C21H21FN4O2/c1-14-6-7-26-19(10-14)23-12-18(21(26)28)20(27)25-9-8-24(13-15(25)2)17-5-3-4-16(22)11-17/h3-7,10-12,15H,8-9,13H2,1-2H3. The number of hydrogen-bond donors (Lipinski definition) is 0. The molecule has 1 fully saturated rings. The summed E-state index contributed by atoms with van der Waals surface area (Å²) in [6.45, 7) is 5.44. The Morgan fingerprint density at radius 3 is 2.79 bits per heavy atom. The lowest BCUT2D eigenvalue weighted by Gasteiger charge is -2.40. The highest BCUT2D eigenvalue weighted by molar-refractivity contribution is 5.94. The van der Waals surface area contributed by atoms with Crippen LogP contribution in [0.4, 0.5) is 10.1 Å². The van der Waals surface area contributed by atoms with Gasteiger partial charge in [0.15, 0.2) is 0 Å². The number of aromatic nitrogens is 2. The van der Waals surface area contributed by atoms with Crippen molar-refractivity contribution in [1.29, 1.82) is 0 Å². The maximum atomic E-state index is 13.5. The predicted octanol–water partition coefficient (Wildman–Crippen LogP) is 2.49. The van der Waals surface area contributed by atoms with E-state index in [2.05, 4.69) is 4.98 Å². The summed E-state index contributed by atoms with van der Waals surface area (Å²) in [5, 5.41) is 0. The molecule has 3 heterocycles. The number of halogens is 1. The van der Waals surface area contributed by atoms with E-state index in [9.17, 15) is 14.0 Å². The number of benzene rings is 1. The molecule has 1 saturated heterocycles. The van der Waals surface area contributed by atoms with E-state index < -0.39 is 0 Å². The first-order valence-corrected chi connectivity index (χ1v) is 9.23. The summed E-state index contributed by atoms with van der Waals surface area (Å²) in [6, 6.07) is 9.93. The van der Waals surface area contributed by atoms with Gasteiger partial charge in [-0.15, -0.1) is 0 Å². The van der Waals surface area contributed by atoms with Crippen molar-refractivity contribution in [1.82, 2.24) is 14.3 Å². The van der Waals surface area contributed by atoms with E-state index in [1.807, 2.05) is 30.9 Å². The maximum Gasteiger partial charge on any atom is 0.270 e. The van der Waals surface area contributed by atoms with Crippen LogP contribution < -0.4 is 10.5 Å². The number of aryl methyl sites for hydroxylation is 1. The number of fused-ring (bicyclic) bond motifs is 1. The molecule has 1 aliphatic heterocycles. The molecule has 6 nitrogen and oxygen atoms in total. The molecule has 1 unspecified atom stereocenters. The van der Waals surface area contributed by atoms with Crippen LogP contribution in [-0.2, 0) is 0 Å². The molecule has 3 aromatic rings. The summed E-state index contributed by atoms with van der Waals surface area (Å²) in [7, 11) is 0. The molecular formula is C21H21FN4O2. The molecule has 1 amide bonds. The Morgan fingerprint density at radius 2 is 2.04 bits per heavy atom. The smallest absolute Gasteiger partial charge is 0.270 e. The molecule has 0 radical (unpaired) electrons. The molecule has 1 atom stereocenters. The van der Waals surface area contributed by atoms with Crippen molar-refractivity contribution in [2.45, 2.75) is 19.9 Å². The lowest BCUT2D eigenvalue weighted by molar-refractivity contribution is 0.0671. The van der Waals surface area contributed by atoms with Gasteiger partial charge in [-0.25, -0.2) is 9.37 Å². The lowest BCUT2D eigenvalue weighted by atomic mass is 10.1. The maximum absolute atomic E-state index is 13.5. The topological polar surface area (TPSA) is 57.9 Å². The van der Waals surface area contributed by atoms with Crippen LogP contribution in [0.3, 0.4) is 0 Å². The van der Waals surface area contributed by atoms with Crippen LogP contribution in [0.1, 0.15) is 22.8 Å². The monoisotopic (exact) mass is 380 g/mol. The molecular weight excluding hydrogens is 359 g/mol. The minimum Gasteiger partial charge on any atom is -0.368 e. The Bertz CT molecular complexity index is 1110. The largest absolute Gasteiger partial charge is 0.368 e. The normalized spacial score (nSPS) is 17.2. The molecule has 28 heavy (non-hydrogen) atoms. The quantitative estimate of drug-likeness (QED) is 0.685. The zero-order chi connectivity index (χ0) is 19.8. The lowest BCUT2D eigenvalue weighted by Crippen LogP contribution is -2.54. The van der Waals surface area contributed by atoms with E-state index in [4.69, 9.17) is 0 Å². The second-order valence-electron chi connectivity index (χ2n) is 7.18. The highest BCUT2D eigenvalue weighted by Gasteiger charge is 2.30. The minimum atomic E-state index is -0.366. The Labute approximate surface area is 161 Å². The average Bonchev–Trinajstić information content (AvgIpc) is 2.67. The molecule has 0 bridgehead atoms. The number of hydrogen-bond acceptors (Lipinski definition) is 4. The molecule has 4 rings (SSSR count). The van der Waals surface area contributed by atoms with E-state index in [-0.39, 0.29) is 28.9 Å². The Kier molecular flexibility index (Phi) is 4.58. The molecule has 2 aromatic heterocycles. The molecule has 1 aromatic carbocycles. The van der Waals surface area contributed by atoms with E-state index in [0.29, 0.717) is 25.3 Å². The molecule has 144 valence electrons. The number of anilines is 1. The van der Waals surface area contributed by atoms with Crippen LogP contribution in [0.2, 0.25) is 0 Å². The van der Waals surface area contributed by atoms with Crippen LogP contribution >= 0.6 is 0 Å². The van der Waals surface area contributed by atoms with Crippen molar-refractivity contribution in [3.63, 3.8) is 0 Å². The number of nitrogens with zero attached hydrogens (tertiary/aromatic N) is 4. The fourth-order valence-corrected chi connectivity index (χ4v) is 3.64. The zero-order valence-corrected chi connectivity index (χ0v) is 15.8. The third-order valence-corrected chi connectivity index (χ3v) is 5.16. The van der Waals surface area contributed by atoms with Crippen LogP contribution in [0.25, 0.3) is 5.65 Å². The summed E-state index contributed by atoms with van der Waals surface area (Å²) in [5.41, 5.74) is 2.00. The fraction of sp³-hybridized carbons (Fsp3) is 0.286. The molecule has 0 N–H and O–H groups in total. The zero-order valence-electron chi connectivity index (χ0n) is 15.8. The van der Waals surface area contributed by atoms with Gasteiger partial charge >= 0.3 is 0 Å². The Morgan fingerprint density at radius 1 is 1.21 bits per heavy atom. The van der Waals surface area contributed by atoms with Gasteiger partial charge in [-0.3, -0.25) is 14.0 Å². The van der Waals surface area contributed by atoms with Crippen molar-refractivity contribution in [2.24, 2.45) is 0 Å². The van der Waals surface area contributed by atoms with Gasteiger partial charge in [0, 0.05) is 43.8 Å². The summed E-state index contributed by atoms with van der Waals surface area (Å²) >= 11 is 0. The highest BCUT2D eigenvalue weighted by atomic mass is 19.1. The van der Waals surface area contributed by atoms with Crippen molar-refractivity contribution < 1.29 is 9.18 Å². The minimum absolute atomic E-state index is 0.0624. The van der Waals surface area contributed by atoms with Crippen molar-refractivity contribution in [3.05, 3.63) is 76.1 Å². The second kappa shape index (κ2) is 7.07. The summed E-state index contributed by atoms with van der Waals surface area (Å²) in [5.74, 6) is -0.604. The fourth-order valence-electron chi connectivity index (χ4n) is 3.64.